The molecule has 332 valence electrons. The maximum atomic E-state index is 2.71. The molecule has 66 heavy (non-hydrogen) atoms. The normalized spacial score (nSPS) is 18.2. The molecule has 0 amide bonds. The topological polar surface area (TPSA) is 6.48 Å². The molecule has 2 heterocycles. The van der Waals surface area contributed by atoms with Gasteiger partial charge < -0.3 is 9.80 Å². The Bertz CT molecular complexity index is 3090. The first-order chi connectivity index (χ1) is 31.2. The number of hydrogen-bond acceptors (Lipinski definition) is 2. The molecular weight excluding hydrogens is 796 g/mol. The van der Waals surface area contributed by atoms with Crippen LogP contribution in [0.2, 0.25) is 0 Å². The summed E-state index contributed by atoms with van der Waals surface area (Å²) in [5, 5.41) is 0. The summed E-state index contributed by atoms with van der Waals surface area (Å²) in [7, 11) is 0. The van der Waals surface area contributed by atoms with Crippen LogP contribution >= 0.6 is 0 Å². The predicted molar refractivity (Wildman–Crippen MR) is 285 cm³/mol. The van der Waals surface area contributed by atoms with Crippen molar-refractivity contribution in [3.05, 3.63) is 173 Å². The maximum Gasteiger partial charge on any atom is 0.252 e. The summed E-state index contributed by atoms with van der Waals surface area (Å²) in [5.41, 5.74) is 25.6. The van der Waals surface area contributed by atoms with E-state index in [2.05, 4.69) is 232 Å². The Morgan fingerprint density at radius 2 is 0.909 bits per heavy atom. The molecule has 2 aliphatic carbocycles. The Hall–Kier alpha value is -5.80. The lowest BCUT2D eigenvalue weighted by Crippen LogP contribution is -2.62. The summed E-state index contributed by atoms with van der Waals surface area (Å²) in [6.07, 6.45) is 4.73. The zero-order valence-electron chi connectivity index (χ0n) is 41.6. The average Bonchev–Trinajstić information content (AvgIpc) is 3.29. The number of benzene rings is 7. The smallest absolute Gasteiger partial charge is 0.252 e. The van der Waals surface area contributed by atoms with Crippen molar-refractivity contribution in [2.24, 2.45) is 0 Å². The minimum absolute atomic E-state index is 0.0365. The van der Waals surface area contributed by atoms with Gasteiger partial charge in [-0.2, -0.15) is 0 Å². The van der Waals surface area contributed by atoms with E-state index in [0.29, 0.717) is 0 Å². The number of hydrogen-bond donors (Lipinski definition) is 0. The second-order valence-electron chi connectivity index (χ2n) is 24.0. The van der Waals surface area contributed by atoms with Crippen molar-refractivity contribution in [3.8, 4) is 22.3 Å². The molecule has 2 aliphatic heterocycles. The zero-order valence-corrected chi connectivity index (χ0v) is 41.6. The Morgan fingerprint density at radius 3 is 1.48 bits per heavy atom. The summed E-state index contributed by atoms with van der Waals surface area (Å²) < 4.78 is 0. The number of rotatable bonds is 4. The lowest BCUT2D eigenvalue weighted by atomic mass is 9.33. The van der Waals surface area contributed by atoms with Crippen molar-refractivity contribution in [3.63, 3.8) is 0 Å². The molecule has 11 rings (SSSR count). The van der Waals surface area contributed by atoms with Crippen molar-refractivity contribution < 1.29 is 0 Å². The van der Waals surface area contributed by atoms with Crippen LogP contribution in [-0.2, 0) is 27.1 Å². The van der Waals surface area contributed by atoms with Gasteiger partial charge in [0.2, 0.25) is 0 Å². The standard InChI is InChI=1S/C63H67BN2/c1-40-33-43(41-19-15-13-16-20-41)24-28-53(40)66-54-34-44(42-21-17-14-18-22-42)23-27-51(54)64-52-38-49-50(63(11,12)32-31-62(49,9)10)39-55(52)65(56-35-45(59(2,3)4)36-57(66)58(56)64)46-25-26-47-48(37-46)61(7,8)30-29-60(47,5)6/h13-28,33-39H,29-32H2,1-12H3. The number of anilines is 6. The van der Waals surface area contributed by atoms with Crippen LogP contribution in [0.25, 0.3) is 22.3 Å². The van der Waals surface area contributed by atoms with Crippen molar-refractivity contribution in [2.75, 3.05) is 9.80 Å². The molecule has 0 radical (unpaired) electrons. The van der Waals surface area contributed by atoms with Gasteiger partial charge in [-0.25, -0.2) is 0 Å². The quantitative estimate of drug-likeness (QED) is 0.163. The highest BCUT2D eigenvalue weighted by atomic mass is 15.2. The second-order valence-corrected chi connectivity index (χ2v) is 24.0. The first-order valence-electron chi connectivity index (χ1n) is 24.7. The van der Waals surface area contributed by atoms with Gasteiger partial charge in [0.1, 0.15) is 0 Å². The lowest BCUT2D eigenvalue weighted by Gasteiger charge is -2.48. The van der Waals surface area contributed by atoms with Crippen LogP contribution in [0.3, 0.4) is 0 Å². The van der Waals surface area contributed by atoms with E-state index in [1.807, 2.05) is 0 Å². The van der Waals surface area contributed by atoms with Crippen LogP contribution in [0.4, 0.5) is 34.1 Å². The fraction of sp³-hybridized carbons (Fsp3) is 0.333. The molecule has 0 atom stereocenters. The van der Waals surface area contributed by atoms with Crippen LogP contribution in [0, 0.1) is 6.92 Å². The molecule has 0 saturated heterocycles. The van der Waals surface area contributed by atoms with Gasteiger partial charge in [-0.15, -0.1) is 0 Å². The van der Waals surface area contributed by atoms with E-state index in [-0.39, 0.29) is 33.8 Å². The predicted octanol–water partition coefficient (Wildman–Crippen LogP) is 15.4. The van der Waals surface area contributed by atoms with E-state index < -0.39 is 0 Å². The fourth-order valence-electron chi connectivity index (χ4n) is 12.3. The van der Waals surface area contributed by atoms with Crippen LogP contribution < -0.4 is 26.2 Å². The summed E-state index contributed by atoms with van der Waals surface area (Å²) in [4.78, 5) is 5.35. The van der Waals surface area contributed by atoms with E-state index in [1.54, 1.807) is 0 Å². The van der Waals surface area contributed by atoms with E-state index in [0.717, 1.165) is 0 Å². The van der Waals surface area contributed by atoms with E-state index >= 15 is 0 Å². The molecule has 0 fully saturated rings. The van der Waals surface area contributed by atoms with Crippen molar-refractivity contribution in [1.29, 1.82) is 0 Å². The van der Waals surface area contributed by atoms with Crippen molar-refractivity contribution in [2.45, 2.75) is 136 Å². The average molecular weight is 863 g/mol. The number of nitrogens with zero attached hydrogens (tertiary/aromatic N) is 2. The third-order valence-electron chi connectivity index (χ3n) is 16.7. The van der Waals surface area contributed by atoms with Crippen LogP contribution in [-0.4, -0.2) is 6.71 Å². The first-order valence-corrected chi connectivity index (χ1v) is 24.7. The molecule has 0 spiro atoms. The molecular formula is C63H67BN2. The highest BCUT2D eigenvalue weighted by molar-refractivity contribution is 7.00. The maximum absolute atomic E-state index is 2.71. The lowest BCUT2D eigenvalue weighted by molar-refractivity contribution is 0.332. The third-order valence-corrected chi connectivity index (χ3v) is 16.7. The van der Waals surface area contributed by atoms with Crippen LogP contribution in [0.1, 0.15) is 135 Å². The molecule has 0 bridgehead atoms. The first kappa shape index (κ1) is 42.8. The van der Waals surface area contributed by atoms with Gasteiger partial charge >= 0.3 is 0 Å². The largest absolute Gasteiger partial charge is 0.311 e. The molecule has 0 N–H and O–H groups in total. The summed E-state index contributed by atoms with van der Waals surface area (Å²) in [6, 6.07) is 54.3. The molecule has 7 aromatic rings. The van der Waals surface area contributed by atoms with Gasteiger partial charge in [-0.1, -0.05) is 167 Å². The van der Waals surface area contributed by atoms with Crippen LogP contribution in [0.5, 0.6) is 0 Å². The fourth-order valence-corrected chi connectivity index (χ4v) is 12.3. The molecule has 0 unspecified atom stereocenters. The molecule has 3 heteroatoms. The number of aryl methyl sites for hydroxylation is 1. The Kier molecular flexibility index (Phi) is 9.47. The second kappa shape index (κ2) is 14.6. The van der Waals surface area contributed by atoms with Crippen LogP contribution in [0.15, 0.2) is 140 Å². The van der Waals surface area contributed by atoms with Gasteiger partial charge in [0, 0.05) is 34.1 Å². The van der Waals surface area contributed by atoms with Gasteiger partial charge in [0.25, 0.3) is 6.71 Å². The Morgan fingerprint density at radius 1 is 0.409 bits per heavy atom. The Balaban J connectivity index is 1.26. The minimum atomic E-state index is -0.110. The van der Waals surface area contributed by atoms with Gasteiger partial charge in [0.05, 0.1) is 0 Å². The van der Waals surface area contributed by atoms with E-state index in [4.69, 9.17) is 0 Å². The Labute approximate surface area is 396 Å². The molecule has 0 saturated carbocycles. The van der Waals surface area contributed by atoms with E-state index in [9.17, 15) is 0 Å². The molecule has 0 aromatic heterocycles. The van der Waals surface area contributed by atoms with Crippen molar-refractivity contribution >= 4 is 57.2 Å². The van der Waals surface area contributed by atoms with Gasteiger partial charge in [-0.05, 0) is 180 Å². The van der Waals surface area contributed by atoms with Gasteiger partial charge in [-0.3, -0.25) is 0 Å². The van der Waals surface area contributed by atoms with E-state index in [1.165, 1.54) is 132 Å². The summed E-state index contributed by atoms with van der Waals surface area (Å²) in [5.74, 6) is 0. The zero-order chi connectivity index (χ0) is 46.3. The van der Waals surface area contributed by atoms with Gasteiger partial charge in [0.15, 0.2) is 0 Å². The molecule has 7 aromatic carbocycles. The number of fused-ring (bicyclic) bond motifs is 6. The SMILES string of the molecule is Cc1cc(-c2ccccc2)ccc1N1c2cc(-c3ccccc3)ccc2B2c3cc4c(cc3N(c3ccc5c(c3)C(C)(C)CCC5(C)C)c3cc(C(C)(C)C)cc1c32)C(C)(C)CCC4(C)C. The summed E-state index contributed by atoms with van der Waals surface area (Å²) in [6.45, 7) is 29.3. The molecule has 2 nitrogen and oxygen atoms in total. The third kappa shape index (κ3) is 6.65. The van der Waals surface area contributed by atoms with Crippen molar-refractivity contribution in [1.82, 2.24) is 0 Å². The molecule has 4 aliphatic rings. The minimum Gasteiger partial charge on any atom is -0.311 e. The highest BCUT2D eigenvalue weighted by Crippen LogP contribution is 2.53. The monoisotopic (exact) mass is 863 g/mol. The highest BCUT2D eigenvalue weighted by Gasteiger charge is 2.48. The summed E-state index contributed by atoms with van der Waals surface area (Å²) >= 11 is 0.